The second-order valence-electron chi connectivity index (χ2n) is 4.88. The van der Waals surface area contributed by atoms with Crippen molar-refractivity contribution in [3.63, 3.8) is 0 Å². The van der Waals surface area contributed by atoms with Gasteiger partial charge >= 0.3 is 0 Å². The van der Waals surface area contributed by atoms with Gasteiger partial charge in [0.1, 0.15) is 0 Å². The van der Waals surface area contributed by atoms with Crippen LogP contribution >= 0.6 is 35.0 Å². The van der Waals surface area contributed by atoms with Crippen molar-refractivity contribution in [1.82, 2.24) is 10.9 Å². The first-order chi connectivity index (χ1) is 10.1. The average molecular weight is 347 g/mol. The van der Waals surface area contributed by atoms with E-state index in [9.17, 15) is 9.59 Å². The summed E-state index contributed by atoms with van der Waals surface area (Å²) in [6.45, 7) is 0. The van der Waals surface area contributed by atoms with Crippen LogP contribution < -0.4 is 10.9 Å². The van der Waals surface area contributed by atoms with E-state index in [4.69, 9.17) is 23.2 Å². The van der Waals surface area contributed by atoms with E-state index in [1.54, 1.807) is 18.2 Å². The number of hydrogen-bond donors (Lipinski definition) is 2. The van der Waals surface area contributed by atoms with Crippen molar-refractivity contribution < 1.29 is 9.59 Å². The molecule has 0 aliphatic heterocycles. The van der Waals surface area contributed by atoms with Crippen LogP contribution in [-0.2, 0) is 9.59 Å². The highest BCUT2D eigenvalue weighted by Crippen LogP contribution is 2.29. The van der Waals surface area contributed by atoms with Crippen LogP contribution in [0.3, 0.4) is 0 Å². The summed E-state index contributed by atoms with van der Waals surface area (Å²) in [6, 6.07) is 5.08. The Morgan fingerprint density at radius 3 is 2.62 bits per heavy atom. The molecule has 4 nitrogen and oxygen atoms in total. The van der Waals surface area contributed by atoms with Crippen LogP contribution in [0, 0.1) is 5.92 Å². The molecule has 1 aromatic carbocycles. The molecule has 7 heteroatoms. The molecule has 0 unspecified atom stereocenters. The predicted molar refractivity (Wildman–Crippen MR) is 85.4 cm³/mol. The minimum Gasteiger partial charge on any atom is -0.273 e. The monoisotopic (exact) mass is 346 g/mol. The third kappa shape index (κ3) is 5.09. The summed E-state index contributed by atoms with van der Waals surface area (Å²) < 4.78 is 0. The highest BCUT2D eigenvalue weighted by molar-refractivity contribution is 8.00. The molecule has 0 aromatic heterocycles. The standard InChI is InChI=1S/C14H16Cl2N2O2S/c15-10-5-6-11(16)12(7-10)21-8-13(19)17-18-14(20)9-3-1-2-4-9/h5-7,9H,1-4,8H2,(H,17,19)(H,18,20). The second kappa shape index (κ2) is 7.92. The van der Waals surface area contributed by atoms with Gasteiger partial charge in [-0.1, -0.05) is 36.0 Å². The summed E-state index contributed by atoms with van der Waals surface area (Å²) in [5, 5.41) is 1.11. The van der Waals surface area contributed by atoms with Crippen LogP contribution in [0.5, 0.6) is 0 Å². The summed E-state index contributed by atoms with van der Waals surface area (Å²) in [5.74, 6) is -0.195. The van der Waals surface area contributed by atoms with Gasteiger partial charge in [0.25, 0.3) is 0 Å². The van der Waals surface area contributed by atoms with Crippen molar-refractivity contribution in [2.45, 2.75) is 30.6 Å². The van der Waals surface area contributed by atoms with E-state index >= 15 is 0 Å². The van der Waals surface area contributed by atoms with Gasteiger partial charge in [0.2, 0.25) is 11.8 Å². The first-order valence-electron chi connectivity index (χ1n) is 6.73. The molecule has 0 saturated heterocycles. The molecule has 0 heterocycles. The van der Waals surface area contributed by atoms with E-state index in [0.29, 0.717) is 10.0 Å². The van der Waals surface area contributed by atoms with Gasteiger partial charge in [-0.2, -0.15) is 0 Å². The Kier molecular flexibility index (Phi) is 6.21. The zero-order chi connectivity index (χ0) is 15.2. The highest BCUT2D eigenvalue weighted by Gasteiger charge is 2.22. The largest absolute Gasteiger partial charge is 0.273 e. The topological polar surface area (TPSA) is 58.2 Å². The fraction of sp³-hybridized carbons (Fsp3) is 0.429. The Bertz CT molecular complexity index is 534. The fourth-order valence-corrected chi connectivity index (χ4v) is 3.48. The number of nitrogens with one attached hydrogen (secondary N) is 2. The van der Waals surface area contributed by atoms with Crippen LogP contribution in [0.25, 0.3) is 0 Å². The molecule has 0 bridgehead atoms. The van der Waals surface area contributed by atoms with Gasteiger partial charge < -0.3 is 0 Å². The number of benzene rings is 1. The Balaban J connectivity index is 1.74. The molecule has 1 saturated carbocycles. The zero-order valence-electron chi connectivity index (χ0n) is 11.3. The molecule has 21 heavy (non-hydrogen) atoms. The maximum Gasteiger partial charge on any atom is 0.248 e. The lowest BCUT2D eigenvalue weighted by molar-refractivity contribution is -0.130. The van der Waals surface area contributed by atoms with E-state index in [1.807, 2.05) is 0 Å². The van der Waals surface area contributed by atoms with Crippen LogP contribution in [-0.4, -0.2) is 17.6 Å². The molecule has 0 atom stereocenters. The molecule has 114 valence electrons. The van der Waals surface area contributed by atoms with Gasteiger partial charge in [-0.3, -0.25) is 20.4 Å². The highest BCUT2D eigenvalue weighted by atomic mass is 35.5. The van der Waals surface area contributed by atoms with Gasteiger partial charge in [-0.05, 0) is 31.0 Å². The number of carbonyl (C=O) groups excluding carboxylic acids is 2. The number of hydrogen-bond acceptors (Lipinski definition) is 3. The van der Waals surface area contributed by atoms with Gasteiger partial charge in [0, 0.05) is 15.8 Å². The van der Waals surface area contributed by atoms with E-state index in [1.165, 1.54) is 11.8 Å². The second-order valence-corrected chi connectivity index (χ2v) is 6.74. The number of thioether (sulfide) groups is 1. The molecule has 2 rings (SSSR count). The van der Waals surface area contributed by atoms with Crippen molar-refractivity contribution in [3.8, 4) is 0 Å². The molecule has 1 fully saturated rings. The van der Waals surface area contributed by atoms with Gasteiger partial charge in [-0.25, -0.2) is 0 Å². The van der Waals surface area contributed by atoms with Crippen LogP contribution in [0.1, 0.15) is 25.7 Å². The summed E-state index contributed by atoms with van der Waals surface area (Å²) in [7, 11) is 0. The maximum atomic E-state index is 11.8. The molecular weight excluding hydrogens is 331 g/mol. The Labute approximate surface area is 137 Å². The van der Waals surface area contributed by atoms with Crippen LogP contribution in [0.2, 0.25) is 10.0 Å². The number of rotatable bonds is 4. The molecule has 1 aliphatic rings. The van der Waals surface area contributed by atoms with Crippen LogP contribution in [0.4, 0.5) is 0 Å². The summed E-state index contributed by atoms with van der Waals surface area (Å²) in [6.07, 6.45) is 3.95. The number of halogens is 2. The van der Waals surface area contributed by atoms with E-state index < -0.39 is 0 Å². The number of amides is 2. The lowest BCUT2D eigenvalue weighted by atomic mass is 10.1. The van der Waals surface area contributed by atoms with E-state index in [-0.39, 0.29) is 23.5 Å². The zero-order valence-corrected chi connectivity index (χ0v) is 13.7. The van der Waals surface area contributed by atoms with Gasteiger partial charge in [0.05, 0.1) is 10.8 Å². The SMILES string of the molecule is O=C(CSc1cc(Cl)ccc1Cl)NNC(=O)C1CCCC1. The van der Waals surface area contributed by atoms with Crippen molar-refractivity contribution >= 4 is 46.8 Å². The first-order valence-corrected chi connectivity index (χ1v) is 8.47. The minimum atomic E-state index is -0.276. The summed E-state index contributed by atoms with van der Waals surface area (Å²) >= 11 is 13.2. The van der Waals surface area contributed by atoms with Crippen molar-refractivity contribution in [2.75, 3.05) is 5.75 Å². The van der Waals surface area contributed by atoms with E-state index in [0.717, 1.165) is 30.6 Å². The smallest absolute Gasteiger partial charge is 0.248 e. The van der Waals surface area contributed by atoms with Gasteiger partial charge in [0.15, 0.2) is 0 Å². The molecule has 0 spiro atoms. The Morgan fingerprint density at radius 2 is 1.90 bits per heavy atom. The van der Waals surface area contributed by atoms with Crippen LogP contribution in [0.15, 0.2) is 23.1 Å². The number of hydrazine groups is 1. The molecule has 1 aliphatic carbocycles. The lowest BCUT2D eigenvalue weighted by Gasteiger charge is -2.11. The molecule has 2 N–H and O–H groups in total. The Morgan fingerprint density at radius 1 is 1.19 bits per heavy atom. The number of carbonyl (C=O) groups is 2. The maximum absolute atomic E-state index is 11.8. The van der Waals surface area contributed by atoms with Crippen molar-refractivity contribution in [2.24, 2.45) is 5.92 Å². The quantitative estimate of drug-likeness (QED) is 0.648. The lowest BCUT2D eigenvalue weighted by Crippen LogP contribution is -2.44. The third-order valence-electron chi connectivity index (χ3n) is 3.30. The molecule has 0 radical (unpaired) electrons. The Hall–Kier alpha value is -0.910. The molecule has 2 amide bonds. The van der Waals surface area contributed by atoms with Crippen molar-refractivity contribution in [3.05, 3.63) is 28.2 Å². The van der Waals surface area contributed by atoms with Crippen molar-refractivity contribution in [1.29, 1.82) is 0 Å². The average Bonchev–Trinajstić information content (AvgIpc) is 3.00. The fourth-order valence-electron chi connectivity index (χ4n) is 2.19. The molecule has 1 aromatic rings. The first kappa shape index (κ1) is 16.5. The minimum absolute atomic E-state index is 0.0281. The molecular formula is C14H16Cl2N2O2S. The normalized spacial score (nSPS) is 15.0. The summed E-state index contributed by atoms with van der Waals surface area (Å²) in [5.41, 5.74) is 4.90. The summed E-state index contributed by atoms with van der Waals surface area (Å²) in [4.78, 5) is 24.2. The van der Waals surface area contributed by atoms with E-state index in [2.05, 4.69) is 10.9 Å². The third-order valence-corrected chi connectivity index (χ3v) is 5.04. The predicted octanol–water partition coefficient (Wildman–Crippen LogP) is 3.42. The van der Waals surface area contributed by atoms with Gasteiger partial charge in [-0.15, -0.1) is 11.8 Å².